The number of carbonyl (C=O) groups excluding carboxylic acids is 1. The van der Waals surface area contributed by atoms with Crippen molar-refractivity contribution in [2.75, 3.05) is 19.6 Å². The molecular formula is C22H25BrN2O3S. The molecule has 0 unspecified atom stereocenters. The van der Waals surface area contributed by atoms with Crippen LogP contribution in [0, 0.1) is 5.92 Å². The van der Waals surface area contributed by atoms with Crippen LogP contribution in [-0.4, -0.2) is 38.3 Å². The summed E-state index contributed by atoms with van der Waals surface area (Å²) in [5, 5.41) is 3.14. The Labute approximate surface area is 180 Å². The van der Waals surface area contributed by atoms with Gasteiger partial charge in [0.15, 0.2) is 0 Å². The zero-order valence-corrected chi connectivity index (χ0v) is 18.6. The molecule has 2 aliphatic rings. The number of amides is 1. The number of carbonyl (C=O) groups is 1. The van der Waals surface area contributed by atoms with Gasteiger partial charge in [-0.25, -0.2) is 8.42 Å². The van der Waals surface area contributed by atoms with Gasteiger partial charge in [-0.3, -0.25) is 4.79 Å². The first-order valence-corrected chi connectivity index (χ1v) is 12.2. The third-order valence-electron chi connectivity index (χ3n) is 6.07. The molecule has 0 radical (unpaired) electrons. The first-order valence-electron chi connectivity index (χ1n) is 10.0. The zero-order chi connectivity index (χ0) is 20.5. The highest BCUT2D eigenvalue weighted by Crippen LogP contribution is 2.48. The van der Waals surface area contributed by atoms with E-state index in [1.165, 1.54) is 0 Å². The summed E-state index contributed by atoms with van der Waals surface area (Å²) in [7, 11) is -3.43. The van der Waals surface area contributed by atoms with Crippen molar-refractivity contribution < 1.29 is 13.2 Å². The lowest BCUT2D eigenvalue weighted by Gasteiger charge is -2.31. The van der Waals surface area contributed by atoms with Crippen molar-refractivity contribution in [1.82, 2.24) is 9.62 Å². The van der Waals surface area contributed by atoms with Crippen LogP contribution in [0.25, 0.3) is 0 Å². The van der Waals surface area contributed by atoms with Crippen LogP contribution in [0.1, 0.15) is 31.2 Å². The molecule has 1 aliphatic heterocycles. The molecule has 2 aromatic rings. The van der Waals surface area contributed by atoms with Crippen LogP contribution >= 0.6 is 15.9 Å². The molecule has 1 amide bonds. The van der Waals surface area contributed by atoms with Gasteiger partial charge in [0.05, 0.1) is 10.3 Å². The molecule has 1 aliphatic carbocycles. The summed E-state index contributed by atoms with van der Waals surface area (Å²) in [6.45, 7) is 1.59. The summed E-state index contributed by atoms with van der Waals surface area (Å²) < 4.78 is 28.0. The second kappa shape index (κ2) is 8.20. The maximum atomic E-state index is 12.9. The van der Waals surface area contributed by atoms with Gasteiger partial charge in [-0.2, -0.15) is 4.31 Å². The smallest absolute Gasteiger partial charge is 0.243 e. The molecule has 0 aromatic heterocycles. The van der Waals surface area contributed by atoms with E-state index in [9.17, 15) is 13.2 Å². The van der Waals surface area contributed by atoms with Crippen LogP contribution in [-0.2, 0) is 20.2 Å². The number of halogens is 1. The number of nitrogens with zero attached hydrogens (tertiary/aromatic N) is 1. The van der Waals surface area contributed by atoms with Crippen LogP contribution in [0.3, 0.4) is 0 Å². The largest absolute Gasteiger partial charge is 0.355 e. The van der Waals surface area contributed by atoms with Crippen molar-refractivity contribution >= 4 is 31.9 Å². The fourth-order valence-corrected chi connectivity index (χ4v) is 5.95. The van der Waals surface area contributed by atoms with E-state index in [1.807, 2.05) is 30.3 Å². The summed E-state index contributed by atoms with van der Waals surface area (Å²) in [6.07, 6.45) is 3.28. The van der Waals surface area contributed by atoms with Crippen LogP contribution in [0.5, 0.6) is 0 Å². The van der Waals surface area contributed by atoms with Gasteiger partial charge in [0.1, 0.15) is 0 Å². The van der Waals surface area contributed by atoms with Crippen LogP contribution in [0.15, 0.2) is 64.0 Å². The Morgan fingerprint density at radius 2 is 1.76 bits per heavy atom. The molecule has 0 bridgehead atoms. The third kappa shape index (κ3) is 4.27. The van der Waals surface area contributed by atoms with Gasteiger partial charge in [0.25, 0.3) is 0 Å². The summed E-state index contributed by atoms with van der Waals surface area (Å²) >= 11 is 3.49. The number of sulfonamides is 1. The van der Waals surface area contributed by atoms with Gasteiger partial charge in [-0.1, -0.05) is 46.3 Å². The van der Waals surface area contributed by atoms with E-state index >= 15 is 0 Å². The normalized spacial score (nSPS) is 19.6. The molecule has 2 aromatic carbocycles. The van der Waals surface area contributed by atoms with Crippen LogP contribution < -0.4 is 5.32 Å². The minimum absolute atomic E-state index is 0.0925. The molecule has 1 N–H and O–H groups in total. The topological polar surface area (TPSA) is 66.5 Å². The predicted octanol–water partition coefficient (Wildman–Crippen LogP) is 3.70. The Hall–Kier alpha value is -1.70. The molecule has 7 heteroatoms. The van der Waals surface area contributed by atoms with Crippen molar-refractivity contribution in [3.05, 3.63) is 64.6 Å². The molecule has 4 rings (SSSR count). The van der Waals surface area contributed by atoms with Gasteiger partial charge in [0.2, 0.25) is 15.9 Å². The Bertz CT molecular complexity index is 982. The quantitative estimate of drug-likeness (QED) is 0.690. The number of hydrogen-bond donors (Lipinski definition) is 1. The lowest BCUT2D eigenvalue weighted by molar-refractivity contribution is -0.123. The van der Waals surface area contributed by atoms with E-state index in [-0.39, 0.29) is 11.3 Å². The van der Waals surface area contributed by atoms with Crippen molar-refractivity contribution in [2.24, 2.45) is 5.92 Å². The highest BCUT2D eigenvalue weighted by atomic mass is 79.9. The lowest BCUT2D eigenvalue weighted by Crippen LogP contribution is -2.43. The maximum absolute atomic E-state index is 12.9. The maximum Gasteiger partial charge on any atom is 0.243 e. The van der Waals surface area contributed by atoms with E-state index < -0.39 is 10.0 Å². The molecule has 5 nitrogen and oxygen atoms in total. The standard InChI is InChI=1S/C22H25BrN2O3S/c23-19-6-4-5-18(15-19)22(11-12-22)21(26)24-16-17-9-13-25(14-10-17)29(27,28)20-7-2-1-3-8-20/h1-8,15,17H,9-14,16H2,(H,24,26). The molecule has 1 heterocycles. The minimum Gasteiger partial charge on any atom is -0.355 e. The molecule has 0 spiro atoms. The minimum atomic E-state index is -3.43. The highest BCUT2D eigenvalue weighted by molar-refractivity contribution is 9.10. The number of nitrogens with one attached hydrogen (secondary N) is 1. The predicted molar refractivity (Wildman–Crippen MR) is 116 cm³/mol. The number of benzene rings is 2. The summed E-state index contributed by atoms with van der Waals surface area (Å²) in [6, 6.07) is 16.6. The van der Waals surface area contributed by atoms with Crippen molar-refractivity contribution in [3.8, 4) is 0 Å². The number of hydrogen-bond acceptors (Lipinski definition) is 3. The molecule has 29 heavy (non-hydrogen) atoms. The molecular weight excluding hydrogens is 452 g/mol. The fourth-order valence-electron chi connectivity index (χ4n) is 4.06. The number of piperidine rings is 1. The highest BCUT2D eigenvalue weighted by Gasteiger charge is 2.51. The summed E-state index contributed by atoms with van der Waals surface area (Å²) in [5.41, 5.74) is 0.675. The van der Waals surface area contributed by atoms with Gasteiger partial charge in [-0.05, 0) is 61.4 Å². The summed E-state index contributed by atoms with van der Waals surface area (Å²) in [4.78, 5) is 13.2. The Morgan fingerprint density at radius 1 is 1.07 bits per heavy atom. The molecule has 2 fully saturated rings. The van der Waals surface area contributed by atoms with Crippen LogP contribution in [0.2, 0.25) is 0 Å². The number of rotatable bonds is 6. The second-order valence-corrected chi connectivity index (χ2v) is 10.8. The molecule has 0 atom stereocenters. The average Bonchev–Trinajstić information content (AvgIpc) is 3.55. The third-order valence-corrected chi connectivity index (χ3v) is 8.47. The second-order valence-electron chi connectivity index (χ2n) is 7.96. The van der Waals surface area contributed by atoms with Gasteiger partial charge in [-0.15, -0.1) is 0 Å². The first-order chi connectivity index (χ1) is 13.9. The van der Waals surface area contributed by atoms with Crippen LogP contribution in [0.4, 0.5) is 0 Å². The first kappa shape index (κ1) is 20.6. The van der Waals surface area contributed by atoms with Gasteiger partial charge in [0, 0.05) is 24.1 Å². The molecule has 1 saturated carbocycles. The van der Waals surface area contributed by atoms with E-state index in [4.69, 9.17) is 0 Å². The monoisotopic (exact) mass is 476 g/mol. The van der Waals surface area contributed by atoms with Gasteiger partial charge < -0.3 is 5.32 Å². The van der Waals surface area contributed by atoms with E-state index in [2.05, 4.69) is 21.2 Å². The van der Waals surface area contributed by atoms with E-state index in [1.54, 1.807) is 28.6 Å². The fraction of sp³-hybridized carbons (Fsp3) is 0.409. The van der Waals surface area contributed by atoms with E-state index in [0.29, 0.717) is 30.4 Å². The lowest BCUT2D eigenvalue weighted by atomic mass is 9.93. The Morgan fingerprint density at radius 3 is 2.38 bits per heavy atom. The van der Waals surface area contributed by atoms with Gasteiger partial charge >= 0.3 is 0 Å². The summed E-state index contributed by atoms with van der Waals surface area (Å²) in [5.74, 6) is 0.398. The Kier molecular flexibility index (Phi) is 5.82. The van der Waals surface area contributed by atoms with Crippen molar-refractivity contribution in [3.63, 3.8) is 0 Å². The molecule has 154 valence electrons. The van der Waals surface area contributed by atoms with Crippen molar-refractivity contribution in [2.45, 2.75) is 36.0 Å². The SMILES string of the molecule is O=C(NCC1CCN(S(=O)(=O)c2ccccc2)CC1)C1(c2cccc(Br)c2)CC1. The van der Waals surface area contributed by atoms with Crippen molar-refractivity contribution in [1.29, 1.82) is 0 Å². The Balaban J connectivity index is 1.31. The van der Waals surface area contributed by atoms with E-state index in [0.717, 1.165) is 35.7 Å². The molecule has 1 saturated heterocycles. The average molecular weight is 477 g/mol. The zero-order valence-electron chi connectivity index (χ0n) is 16.2.